The van der Waals surface area contributed by atoms with Crippen molar-refractivity contribution < 1.29 is 5.11 Å². The Morgan fingerprint density at radius 3 is 2.60 bits per heavy atom. The second kappa shape index (κ2) is 7.35. The highest BCUT2D eigenvalue weighted by Gasteiger charge is 2.18. The molecular formula is C20H24N4O. The van der Waals surface area contributed by atoms with Gasteiger partial charge in [-0.3, -0.25) is 4.90 Å². The number of aliphatic hydroxyl groups excluding tert-OH is 1. The van der Waals surface area contributed by atoms with E-state index in [1.807, 2.05) is 6.07 Å². The van der Waals surface area contributed by atoms with E-state index in [1.165, 1.54) is 5.69 Å². The van der Waals surface area contributed by atoms with Crippen molar-refractivity contribution >= 4 is 5.65 Å². The van der Waals surface area contributed by atoms with E-state index in [1.54, 1.807) is 0 Å². The Morgan fingerprint density at radius 1 is 1.04 bits per heavy atom. The van der Waals surface area contributed by atoms with Crippen molar-refractivity contribution in [1.29, 1.82) is 0 Å². The lowest BCUT2D eigenvalue weighted by molar-refractivity contribution is 0.230. The number of benzene rings is 1. The zero-order chi connectivity index (χ0) is 17.1. The van der Waals surface area contributed by atoms with Crippen LogP contribution >= 0.6 is 0 Å². The number of rotatable bonds is 5. The third-order valence-corrected chi connectivity index (χ3v) is 4.84. The van der Waals surface area contributed by atoms with E-state index in [0.29, 0.717) is 6.42 Å². The molecule has 0 spiro atoms. The maximum Gasteiger partial charge on any atom is 0.137 e. The van der Waals surface area contributed by atoms with E-state index in [-0.39, 0.29) is 6.61 Å². The van der Waals surface area contributed by atoms with Gasteiger partial charge in [0.05, 0.1) is 11.4 Å². The third kappa shape index (κ3) is 3.44. The molecule has 0 atom stereocenters. The summed E-state index contributed by atoms with van der Waals surface area (Å²) in [7, 11) is 0. The number of imidazole rings is 1. The average molecular weight is 336 g/mol. The molecule has 0 radical (unpaired) electrons. The molecule has 1 aliphatic heterocycles. The van der Waals surface area contributed by atoms with Gasteiger partial charge >= 0.3 is 0 Å². The van der Waals surface area contributed by atoms with Gasteiger partial charge in [0.15, 0.2) is 0 Å². The standard InChI is InChI=1S/C20H24N4O/c25-14-8-16-4-6-17(7-5-16)20-18(15-23-12-9-21-10-13-23)24-11-2-1-3-19(24)22-20/h1-7,11,21,25H,8-10,12-15H2. The normalized spacial score (nSPS) is 15.7. The summed E-state index contributed by atoms with van der Waals surface area (Å²) < 4.78 is 2.21. The molecule has 2 N–H and O–H groups in total. The van der Waals surface area contributed by atoms with Crippen molar-refractivity contribution in [3.05, 3.63) is 59.9 Å². The van der Waals surface area contributed by atoms with E-state index < -0.39 is 0 Å². The molecule has 0 amide bonds. The number of nitrogens with zero attached hydrogens (tertiary/aromatic N) is 3. The molecule has 0 bridgehead atoms. The van der Waals surface area contributed by atoms with Crippen LogP contribution in [0.2, 0.25) is 0 Å². The Labute approximate surface area is 147 Å². The van der Waals surface area contributed by atoms with Crippen LogP contribution in [0.15, 0.2) is 48.7 Å². The molecule has 1 fully saturated rings. The molecule has 5 heteroatoms. The van der Waals surface area contributed by atoms with Gasteiger partial charge in [-0.05, 0) is 24.1 Å². The lowest BCUT2D eigenvalue weighted by Gasteiger charge is -2.27. The van der Waals surface area contributed by atoms with Crippen LogP contribution in [0.5, 0.6) is 0 Å². The summed E-state index contributed by atoms with van der Waals surface area (Å²) >= 11 is 0. The minimum Gasteiger partial charge on any atom is -0.396 e. The van der Waals surface area contributed by atoms with Gasteiger partial charge in [0, 0.05) is 51.1 Å². The molecule has 1 aliphatic rings. The van der Waals surface area contributed by atoms with Crippen molar-refractivity contribution in [1.82, 2.24) is 19.6 Å². The molecule has 3 heterocycles. The molecule has 130 valence electrons. The van der Waals surface area contributed by atoms with Gasteiger partial charge in [-0.15, -0.1) is 0 Å². The van der Waals surface area contributed by atoms with E-state index >= 15 is 0 Å². The summed E-state index contributed by atoms with van der Waals surface area (Å²) in [5, 5.41) is 12.5. The third-order valence-electron chi connectivity index (χ3n) is 4.84. The van der Waals surface area contributed by atoms with Crippen molar-refractivity contribution in [2.75, 3.05) is 32.8 Å². The van der Waals surface area contributed by atoms with Crippen LogP contribution in [-0.4, -0.2) is 52.2 Å². The highest BCUT2D eigenvalue weighted by Crippen LogP contribution is 2.26. The number of hydrogen-bond acceptors (Lipinski definition) is 4. The minimum absolute atomic E-state index is 0.182. The largest absolute Gasteiger partial charge is 0.396 e. The highest BCUT2D eigenvalue weighted by molar-refractivity contribution is 5.66. The monoisotopic (exact) mass is 336 g/mol. The van der Waals surface area contributed by atoms with Crippen molar-refractivity contribution in [3.8, 4) is 11.3 Å². The smallest absolute Gasteiger partial charge is 0.137 e. The van der Waals surface area contributed by atoms with Crippen molar-refractivity contribution in [3.63, 3.8) is 0 Å². The molecule has 4 rings (SSSR count). The van der Waals surface area contributed by atoms with E-state index in [0.717, 1.165) is 55.2 Å². The summed E-state index contributed by atoms with van der Waals surface area (Å²) in [5.74, 6) is 0. The fourth-order valence-corrected chi connectivity index (χ4v) is 3.47. The summed E-state index contributed by atoms with van der Waals surface area (Å²) in [5.41, 5.74) is 5.57. The number of aromatic nitrogens is 2. The molecule has 0 unspecified atom stereocenters. The molecule has 3 aromatic rings. The number of pyridine rings is 1. The molecule has 1 saturated heterocycles. The topological polar surface area (TPSA) is 52.8 Å². The van der Waals surface area contributed by atoms with Crippen LogP contribution < -0.4 is 5.32 Å². The maximum absolute atomic E-state index is 9.10. The lowest BCUT2D eigenvalue weighted by atomic mass is 10.1. The maximum atomic E-state index is 9.10. The Bertz CT molecular complexity index is 835. The lowest BCUT2D eigenvalue weighted by Crippen LogP contribution is -2.43. The van der Waals surface area contributed by atoms with Crippen LogP contribution in [-0.2, 0) is 13.0 Å². The zero-order valence-corrected chi connectivity index (χ0v) is 14.4. The fraction of sp³-hybridized carbons (Fsp3) is 0.350. The zero-order valence-electron chi connectivity index (χ0n) is 14.4. The van der Waals surface area contributed by atoms with Crippen LogP contribution in [0.25, 0.3) is 16.9 Å². The summed E-state index contributed by atoms with van der Waals surface area (Å²) in [6.07, 6.45) is 2.79. The number of piperazine rings is 1. The Kier molecular flexibility index (Phi) is 4.78. The SMILES string of the molecule is OCCc1ccc(-c2nc3ccccn3c2CN2CCNCC2)cc1. The number of fused-ring (bicyclic) bond motifs is 1. The fourth-order valence-electron chi connectivity index (χ4n) is 3.47. The molecule has 25 heavy (non-hydrogen) atoms. The number of nitrogens with one attached hydrogen (secondary N) is 1. The van der Waals surface area contributed by atoms with Crippen LogP contribution in [0, 0.1) is 0 Å². The average Bonchev–Trinajstić information content (AvgIpc) is 3.02. The second-order valence-electron chi connectivity index (χ2n) is 6.53. The molecule has 5 nitrogen and oxygen atoms in total. The van der Waals surface area contributed by atoms with Gasteiger partial charge in [0.25, 0.3) is 0 Å². The first-order valence-corrected chi connectivity index (χ1v) is 8.94. The van der Waals surface area contributed by atoms with Crippen LogP contribution in [0.4, 0.5) is 0 Å². The number of hydrogen-bond donors (Lipinski definition) is 2. The molecule has 0 aliphatic carbocycles. The van der Waals surface area contributed by atoms with Gasteiger partial charge in [0.1, 0.15) is 5.65 Å². The Balaban J connectivity index is 1.72. The van der Waals surface area contributed by atoms with E-state index in [9.17, 15) is 0 Å². The molecule has 0 saturated carbocycles. The van der Waals surface area contributed by atoms with Crippen LogP contribution in [0.1, 0.15) is 11.3 Å². The summed E-state index contributed by atoms with van der Waals surface area (Å²) in [6, 6.07) is 14.6. The van der Waals surface area contributed by atoms with E-state index in [2.05, 4.69) is 57.2 Å². The minimum atomic E-state index is 0.182. The molecule has 1 aromatic carbocycles. The first-order valence-electron chi connectivity index (χ1n) is 8.94. The van der Waals surface area contributed by atoms with Gasteiger partial charge in [0.2, 0.25) is 0 Å². The van der Waals surface area contributed by atoms with Gasteiger partial charge < -0.3 is 14.8 Å². The van der Waals surface area contributed by atoms with Crippen LogP contribution in [0.3, 0.4) is 0 Å². The first kappa shape index (κ1) is 16.3. The first-order chi connectivity index (χ1) is 12.3. The van der Waals surface area contributed by atoms with Crippen molar-refractivity contribution in [2.24, 2.45) is 0 Å². The Morgan fingerprint density at radius 2 is 1.84 bits per heavy atom. The van der Waals surface area contributed by atoms with E-state index in [4.69, 9.17) is 10.1 Å². The predicted molar refractivity (Wildman–Crippen MR) is 99.6 cm³/mol. The predicted octanol–water partition coefficient (Wildman–Crippen LogP) is 1.94. The van der Waals surface area contributed by atoms with Crippen molar-refractivity contribution in [2.45, 2.75) is 13.0 Å². The molecule has 2 aromatic heterocycles. The quantitative estimate of drug-likeness (QED) is 0.748. The van der Waals surface area contributed by atoms with Gasteiger partial charge in [-0.25, -0.2) is 4.98 Å². The number of aliphatic hydroxyl groups is 1. The van der Waals surface area contributed by atoms with Gasteiger partial charge in [-0.2, -0.15) is 0 Å². The van der Waals surface area contributed by atoms with Gasteiger partial charge in [-0.1, -0.05) is 30.3 Å². The summed E-state index contributed by atoms with van der Waals surface area (Å²) in [6.45, 7) is 5.30. The highest BCUT2D eigenvalue weighted by atomic mass is 16.2. The second-order valence-corrected chi connectivity index (χ2v) is 6.53. The molecular weight excluding hydrogens is 312 g/mol. The Hall–Kier alpha value is -2.21. The summed E-state index contributed by atoms with van der Waals surface area (Å²) in [4.78, 5) is 7.38.